The van der Waals surface area contributed by atoms with Gasteiger partial charge in [0.1, 0.15) is 11.7 Å². The summed E-state index contributed by atoms with van der Waals surface area (Å²) in [6, 6.07) is 11.0. The maximum atomic E-state index is 12.9. The van der Waals surface area contributed by atoms with Crippen LogP contribution in [0.5, 0.6) is 0 Å². The van der Waals surface area contributed by atoms with Crippen LogP contribution in [0.25, 0.3) is 0 Å². The molecule has 3 aliphatic carbocycles. The molecule has 13 nitrogen and oxygen atoms in total. The van der Waals surface area contributed by atoms with E-state index in [2.05, 4.69) is 77.1 Å². The van der Waals surface area contributed by atoms with Gasteiger partial charge < -0.3 is 26.6 Å². The molecule has 2 unspecified atom stereocenters. The van der Waals surface area contributed by atoms with Gasteiger partial charge in [0, 0.05) is 24.5 Å². The van der Waals surface area contributed by atoms with Crippen molar-refractivity contribution in [3.05, 3.63) is 60.7 Å². The maximum Gasteiger partial charge on any atom is 0.289 e. The fraction of sp³-hybridized carbons (Fsp3) is 0.591. The number of carbonyl (C=O) groups is 6. The molecule has 2 aromatic rings. The summed E-state index contributed by atoms with van der Waals surface area (Å²) >= 11 is 0. The highest BCUT2D eigenvalue weighted by atomic mass is 16.2. The number of benzene rings is 1. The van der Waals surface area contributed by atoms with Crippen molar-refractivity contribution in [1.82, 2.24) is 36.6 Å². The summed E-state index contributed by atoms with van der Waals surface area (Å²) in [6.07, 6.45) is 25.3. The molecule has 13 heteroatoms. The van der Waals surface area contributed by atoms with Crippen molar-refractivity contribution in [1.29, 1.82) is 0 Å². The van der Waals surface area contributed by atoms with Crippen molar-refractivity contribution in [3.8, 4) is 12.8 Å². The Balaban J connectivity index is 0.000000494. The zero-order valence-electron chi connectivity index (χ0n) is 34.7. The summed E-state index contributed by atoms with van der Waals surface area (Å²) in [5.74, 6) is -0.688. The standard InChI is InChI=1S/C22H33N5O3.C10H16N2O3.C6H6.C4H10.C2H2/c1-15-7-5-6-10-17(15)26-19(28)14-25-22(30)20(16-8-3-2-4-9-16)27-21(29)18-13-23-11-12-24-18;1-2-3-8(11-6-13)9(14)10(15)12-7-4-5-7;1-2-4-6-5-3-1;1-4(2)3;1-2/h11-13,15-17,20H,2-10,14H2,1H3,(H,25,30)(H,26,28)(H,27,29);6-8H,2-5H2,1H3,(H,11,13)(H,12,15);1-6H;4H,1-3H3;1-2H/t15-,17+,20?;;;;/m1..../s1. The van der Waals surface area contributed by atoms with Gasteiger partial charge in [0.25, 0.3) is 11.8 Å². The smallest absolute Gasteiger partial charge is 0.289 e. The quantitative estimate of drug-likeness (QED) is 0.0967. The fourth-order valence-corrected chi connectivity index (χ4v) is 6.25. The number of amides is 5. The fourth-order valence-electron chi connectivity index (χ4n) is 6.25. The molecule has 314 valence electrons. The molecular formula is C44H67N7O6. The van der Waals surface area contributed by atoms with E-state index < -0.39 is 29.7 Å². The zero-order chi connectivity index (χ0) is 42.4. The minimum atomic E-state index is -0.679. The molecule has 1 heterocycles. The van der Waals surface area contributed by atoms with Gasteiger partial charge in [0.15, 0.2) is 0 Å². The molecule has 57 heavy (non-hydrogen) atoms. The van der Waals surface area contributed by atoms with Crippen molar-refractivity contribution in [2.24, 2.45) is 17.8 Å². The number of terminal acetylenes is 1. The maximum absolute atomic E-state index is 12.9. The number of nitrogens with zero attached hydrogens (tertiary/aromatic N) is 2. The summed E-state index contributed by atoms with van der Waals surface area (Å²) in [5, 5.41) is 13.6. The second-order valence-electron chi connectivity index (χ2n) is 15.2. The third kappa shape index (κ3) is 22.3. The molecule has 5 amide bonds. The third-order valence-corrected chi connectivity index (χ3v) is 9.33. The average molecular weight is 790 g/mol. The van der Waals surface area contributed by atoms with Gasteiger partial charge in [0.2, 0.25) is 24.0 Å². The minimum Gasteiger partial charge on any atom is -0.352 e. The predicted molar refractivity (Wildman–Crippen MR) is 223 cm³/mol. The highest BCUT2D eigenvalue weighted by Crippen LogP contribution is 2.27. The highest BCUT2D eigenvalue weighted by Gasteiger charge is 2.32. The molecule has 0 spiro atoms. The Kier molecular flexibility index (Phi) is 26.3. The number of nitrogens with one attached hydrogen (secondary N) is 5. The number of Topliss-reactive ketones (excluding diaryl/α,β-unsaturated/α-hetero) is 1. The van der Waals surface area contributed by atoms with Gasteiger partial charge in [0.05, 0.1) is 18.8 Å². The molecule has 3 aliphatic rings. The SMILES string of the molecule is C#C.CC(C)C.CCCC(NC=O)C(=O)C(=O)NC1CC1.C[C@@H]1CCCC[C@@H]1NC(=O)CNC(=O)C(NC(=O)c1cnccn1)C1CCCCC1.c1ccccc1. The van der Waals surface area contributed by atoms with E-state index >= 15 is 0 Å². The van der Waals surface area contributed by atoms with Crippen LogP contribution in [0.15, 0.2) is 55.0 Å². The van der Waals surface area contributed by atoms with Crippen LogP contribution >= 0.6 is 0 Å². The van der Waals surface area contributed by atoms with Gasteiger partial charge in [-0.1, -0.05) is 110 Å². The van der Waals surface area contributed by atoms with E-state index in [1.165, 1.54) is 25.0 Å². The molecule has 0 aliphatic heterocycles. The minimum absolute atomic E-state index is 0.0563. The van der Waals surface area contributed by atoms with E-state index in [0.29, 0.717) is 18.7 Å². The van der Waals surface area contributed by atoms with E-state index in [0.717, 1.165) is 76.5 Å². The van der Waals surface area contributed by atoms with Crippen LogP contribution < -0.4 is 26.6 Å². The molecule has 3 saturated carbocycles. The molecule has 3 fully saturated rings. The van der Waals surface area contributed by atoms with Gasteiger partial charge in [-0.2, -0.15) is 0 Å². The van der Waals surface area contributed by atoms with Crippen LogP contribution in [-0.4, -0.2) is 76.5 Å². The monoisotopic (exact) mass is 790 g/mol. The molecule has 1 aromatic heterocycles. The Hall–Kier alpha value is -5.12. The number of hydrogen-bond donors (Lipinski definition) is 5. The summed E-state index contributed by atoms with van der Waals surface area (Å²) in [4.78, 5) is 79.0. The van der Waals surface area contributed by atoms with E-state index in [1.54, 1.807) is 0 Å². The van der Waals surface area contributed by atoms with Crippen molar-refractivity contribution >= 4 is 35.8 Å². The van der Waals surface area contributed by atoms with Crippen molar-refractivity contribution in [2.45, 2.75) is 142 Å². The van der Waals surface area contributed by atoms with Crippen LogP contribution in [0, 0.1) is 30.6 Å². The number of rotatable bonds is 14. The van der Waals surface area contributed by atoms with Crippen LogP contribution in [0.4, 0.5) is 0 Å². The van der Waals surface area contributed by atoms with Gasteiger partial charge in [-0.15, -0.1) is 12.8 Å². The Bertz CT molecular complexity index is 1430. The van der Waals surface area contributed by atoms with Crippen LogP contribution in [0.1, 0.15) is 129 Å². The van der Waals surface area contributed by atoms with Crippen molar-refractivity contribution < 1.29 is 28.8 Å². The molecule has 1 aromatic carbocycles. The van der Waals surface area contributed by atoms with Crippen LogP contribution in [0.2, 0.25) is 0 Å². The first kappa shape index (κ1) is 49.9. The lowest BCUT2D eigenvalue weighted by Crippen LogP contribution is -2.53. The predicted octanol–water partition coefficient (Wildman–Crippen LogP) is 5.31. The van der Waals surface area contributed by atoms with Crippen molar-refractivity contribution in [2.75, 3.05) is 6.54 Å². The van der Waals surface area contributed by atoms with E-state index in [4.69, 9.17) is 0 Å². The molecule has 4 atom stereocenters. The number of hydrogen-bond acceptors (Lipinski definition) is 8. The molecular weight excluding hydrogens is 723 g/mol. The number of carbonyl (C=O) groups excluding carboxylic acids is 6. The lowest BCUT2D eigenvalue weighted by atomic mass is 9.83. The summed E-state index contributed by atoms with van der Waals surface area (Å²) in [6.45, 7) is 10.5. The molecule has 0 saturated heterocycles. The highest BCUT2D eigenvalue weighted by molar-refractivity contribution is 6.38. The summed E-state index contributed by atoms with van der Waals surface area (Å²) in [7, 11) is 0. The first-order valence-electron chi connectivity index (χ1n) is 20.5. The lowest BCUT2D eigenvalue weighted by molar-refractivity contribution is -0.139. The molecule has 5 rings (SSSR count). The number of ketones is 1. The number of aromatic nitrogens is 2. The zero-order valence-corrected chi connectivity index (χ0v) is 34.7. The van der Waals surface area contributed by atoms with Crippen molar-refractivity contribution in [3.63, 3.8) is 0 Å². The molecule has 0 bridgehead atoms. The van der Waals surface area contributed by atoms with Gasteiger partial charge in [-0.3, -0.25) is 33.8 Å². The average Bonchev–Trinajstić information content (AvgIpc) is 4.06. The van der Waals surface area contributed by atoms with Gasteiger partial charge in [-0.05, 0) is 62.7 Å². The Morgan fingerprint density at radius 2 is 1.40 bits per heavy atom. The topological polar surface area (TPSA) is 188 Å². The van der Waals surface area contributed by atoms with Gasteiger partial charge >= 0.3 is 0 Å². The molecule has 0 radical (unpaired) electrons. The Morgan fingerprint density at radius 3 is 1.91 bits per heavy atom. The Morgan fingerprint density at radius 1 is 0.825 bits per heavy atom. The first-order valence-corrected chi connectivity index (χ1v) is 20.5. The second-order valence-corrected chi connectivity index (χ2v) is 15.2. The molecule has 5 N–H and O–H groups in total. The van der Waals surface area contributed by atoms with E-state index in [1.807, 2.05) is 43.3 Å². The summed E-state index contributed by atoms with van der Waals surface area (Å²) < 4.78 is 0. The van der Waals surface area contributed by atoms with Crippen LogP contribution in [0.3, 0.4) is 0 Å². The van der Waals surface area contributed by atoms with Crippen LogP contribution in [-0.2, 0) is 24.0 Å². The van der Waals surface area contributed by atoms with E-state index in [-0.39, 0.29) is 42.1 Å². The summed E-state index contributed by atoms with van der Waals surface area (Å²) in [5.41, 5.74) is 0.176. The van der Waals surface area contributed by atoms with E-state index in [9.17, 15) is 28.8 Å². The van der Waals surface area contributed by atoms with Gasteiger partial charge in [-0.25, -0.2) is 4.98 Å². The Labute approximate surface area is 340 Å². The normalized spacial score (nSPS) is 18.1. The third-order valence-electron chi connectivity index (χ3n) is 9.33. The first-order chi connectivity index (χ1) is 27.5. The largest absolute Gasteiger partial charge is 0.352 e. The second kappa shape index (κ2) is 30.1. The lowest BCUT2D eigenvalue weighted by Gasteiger charge is -2.31.